The van der Waals surface area contributed by atoms with Crippen LogP contribution in [0.4, 0.5) is 5.69 Å². The molecule has 2 N–H and O–H groups in total. The summed E-state index contributed by atoms with van der Waals surface area (Å²) in [6.45, 7) is 0.224. The second-order valence-corrected chi connectivity index (χ2v) is 5.46. The van der Waals surface area contributed by atoms with Crippen LogP contribution in [0.1, 0.15) is 17.2 Å². The molecule has 1 aliphatic heterocycles. The molecule has 0 saturated carbocycles. The molecule has 5 heteroatoms. The third-order valence-corrected chi connectivity index (χ3v) is 3.86. The van der Waals surface area contributed by atoms with Gasteiger partial charge in [0.1, 0.15) is 0 Å². The van der Waals surface area contributed by atoms with Crippen molar-refractivity contribution in [2.24, 2.45) is 0 Å². The van der Waals surface area contributed by atoms with Gasteiger partial charge in [0, 0.05) is 15.7 Å². The van der Waals surface area contributed by atoms with Crippen LogP contribution < -0.4 is 10.6 Å². The normalized spacial score (nSPS) is 18.1. The molecule has 1 amide bonds. The van der Waals surface area contributed by atoms with Crippen molar-refractivity contribution in [3.8, 4) is 0 Å². The fraction of sp³-hybridized carbons (Fsp3) is 0.133. The first-order chi connectivity index (χ1) is 9.65. The van der Waals surface area contributed by atoms with Gasteiger partial charge in [-0.2, -0.15) is 0 Å². The summed E-state index contributed by atoms with van der Waals surface area (Å²) >= 11 is 12.4. The molecular formula is C15H12Cl2N2O. The second kappa shape index (κ2) is 5.44. The number of hydrogen-bond acceptors (Lipinski definition) is 2. The van der Waals surface area contributed by atoms with Gasteiger partial charge in [-0.05, 0) is 35.4 Å². The van der Waals surface area contributed by atoms with Gasteiger partial charge >= 0.3 is 0 Å². The molecule has 0 fully saturated rings. The molecule has 1 atom stereocenters. The van der Waals surface area contributed by atoms with Crippen molar-refractivity contribution < 1.29 is 4.79 Å². The van der Waals surface area contributed by atoms with Crippen LogP contribution in [0.25, 0.3) is 0 Å². The zero-order chi connectivity index (χ0) is 14.1. The molecule has 0 aliphatic carbocycles. The van der Waals surface area contributed by atoms with Gasteiger partial charge in [0.05, 0.1) is 12.6 Å². The molecule has 0 bridgehead atoms. The highest BCUT2D eigenvalue weighted by Crippen LogP contribution is 2.35. The number of carbonyl (C=O) groups is 1. The Balaban J connectivity index is 2.15. The summed E-state index contributed by atoms with van der Waals surface area (Å²) in [6, 6.07) is 12.8. The van der Waals surface area contributed by atoms with Crippen LogP contribution in [-0.4, -0.2) is 12.5 Å². The van der Waals surface area contributed by atoms with Gasteiger partial charge in [0.2, 0.25) is 5.91 Å². The van der Waals surface area contributed by atoms with Crippen molar-refractivity contribution in [1.82, 2.24) is 5.32 Å². The monoisotopic (exact) mass is 306 g/mol. The summed E-state index contributed by atoms with van der Waals surface area (Å²) in [4.78, 5) is 11.8. The van der Waals surface area contributed by atoms with Crippen molar-refractivity contribution >= 4 is 34.8 Å². The van der Waals surface area contributed by atoms with E-state index in [1.165, 1.54) is 0 Å². The van der Waals surface area contributed by atoms with E-state index in [-0.39, 0.29) is 18.5 Å². The Kier molecular flexibility index (Phi) is 3.66. The van der Waals surface area contributed by atoms with E-state index in [1.54, 1.807) is 6.07 Å². The quantitative estimate of drug-likeness (QED) is 0.845. The first-order valence-electron chi connectivity index (χ1n) is 6.22. The molecule has 1 aliphatic rings. The number of carbonyl (C=O) groups excluding carboxylic acids is 1. The highest BCUT2D eigenvalue weighted by Gasteiger charge is 2.24. The number of hydrogen-bond donors (Lipinski definition) is 2. The number of nitrogens with one attached hydrogen (secondary N) is 2. The summed E-state index contributed by atoms with van der Waals surface area (Å²) in [5.74, 6) is -0.0804. The third kappa shape index (κ3) is 2.52. The first-order valence-corrected chi connectivity index (χ1v) is 6.98. The average molecular weight is 307 g/mol. The van der Waals surface area contributed by atoms with Gasteiger partial charge in [-0.3, -0.25) is 10.1 Å². The highest BCUT2D eigenvalue weighted by atomic mass is 35.5. The van der Waals surface area contributed by atoms with Gasteiger partial charge in [-0.15, -0.1) is 0 Å². The smallest absolute Gasteiger partial charge is 0.238 e. The molecule has 20 heavy (non-hydrogen) atoms. The maximum atomic E-state index is 11.8. The minimum absolute atomic E-state index is 0.0804. The van der Waals surface area contributed by atoms with Crippen LogP contribution in [0.15, 0.2) is 42.5 Å². The average Bonchev–Trinajstić information content (AvgIpc) is 2.58. The number of anilines is 1. The maximum Gasteiger partial charge on any atom is 0.238 e. The standard InChI is InChI=1S/C15H12Cl2N2O/c16-9-5-6-13-11(7-9)15(18-8-14(20)19-13)10-3-1-2-4-12(10)17/h1-7,15,18H,8H2,(H,19,20)/t15-/m0/s1. The van der Waals surface area contributed by atoms with E-state index < -0.39 is 0 Å². The van der Waals surface area contributed by atoms with Crippen LogP contribution >= 0.6 is 23.2 Å². The van der Waals surface area contributed by atoms with Gasteiger partial charge in [0.25, 0.3) is 0 Å². The maximum absolute atomic E-state index is 11.8. The van der Waals surface area contributed by atoms with Crippen molar-refractivity contribution in [3.05, 3.63) is 63.6 Å². The molecule has 1 heterocycles. The lowest BCUT2D eigenvalue weighted by molar-refractivity contribution is -0.115. The van der Waals surface area contributed by atoms with Crippen LogP contribution in [0.2, 0.25) is 10.0 Å². The van der Waals surface area contributed by atoms with E-state index >= 15 is 0 Å². The molecule has 0 radical (unpaired) electrons. The Morgan fingerprint density at radius 2 is 1.85 bits per heavy atom. The van der Waals surface area contributed by atoms with Crippen LogP contribution in [0.5, 0.6) is 0 Å². The van der Waals surface area contributed by atoms with E-state index in [1.807, 2.05) is 36.4 Å². The van der Waals surface area contributed by atoms with Crippen LogP contribution in [0, 0.1) is 0 Å². The molecule has 0 unspecified atom stereocenters. The second-order valence-electron chi connectivity index (χ2n) is 4.62. The molecule has 0 saturated heterocycles. The number of fused-ring (bicyclic) bond motifs is 1. The summed E-state index contributed by atoms with van der Waals surface area (Å²) in [5, 5.41) is 7.36. The van der Waals surface area contributed by atoms with Gasteiger partial charge in [-0.25, -0.2) is 0 Å². The van der Waals surface area contributed by atoms with Gasteiger partial charge in [-0.1, -0.05) is 41.4 Å². The molecule has 0 aromatic heterocycles. The fourth-order valence-corrected chi connectivity index (χ4v) is 2.80. The third-order valence-electron chi connectivity index (χ3n) is 3.28. The topological polar surface area (TPSA) is 41.1 Å². The Hall–Kier alpha value is -1.55. The fourth-order valence-electron chi connectivity index (χ4n) is 2.37. The number of benzene rings is 2. The van der Waals surface area contributed by atoms with E-state index in [2.05, 4.69) is 10.6 Å². The number of halogens is 2. The summed E-state index contributed by atoms with van der Waals surface area (Å²) < 4.78 is 0. The van der Waals surface area contributed by atoms with E-state index in [0.29, 0.717) is 10.0 Å². The van der Waals surface area contributed by atoms with E-state index in [9.17, 15) is 4.79 Å². The van der Waals surface area contributed by atoms with Gasteiger partial charge in [0.15, 0.2) is 0 Å². The first kappa shape index (κ1) is 13.4. The number of amides is 1. The molecular weight excluding hydrogens is 295 g/mol. The lowest BCUT2D eigenvalue weighted by Gasteiger charge is -2.19. The lowest BCUT2D eigenvalue weighted by Crippen LogP contribution is -2.27. The SMILES string of the molecule is O=C1CN[C@@H](c2ccccc2Cl)c2cc(Cl)ccc2N1. The number of rotatable bonds is 1. The van der Waals surface area contributed by atoms with E-state index in [4.69, 9.17) is 23.2 Å². The molecule has 2 aromatic carbocycles. The Labute approximate surface area is 126 Å². The van der Waals surface area contributed by atoms with E-state index in [0.717, 1.165) is 16.8 Å². The van der Waals surface area contributed by atoms with Gasteiger partial charge < -0.3 is 5.32 Å². The predicted molar refractivity (Wildman–Crippen MR) is 81.4 cm³/mol. The Morgan fingerprint density at radius 1 is 1.05 bits per heavy atom. The largest absolute Gasteiger partial charge is 0.325 e. The minimum Gasteiger partial charge on any atom is -0.325 e. The zero-order valence-corrected chi connectivity index (χ0v) is 12.0. The summed E-state index contributed by atoms with van der Waals surface area (Å²) in [7, 11) is 0. The molecule has 0 spiro atoms. The zero-order valence-electron chi connectivity index (χ0n) is 10.5. The summed E-state index contributed by atoms with van der Waals surface area (Å²) in [6.07, 6.45) is 0. The summed E-state index contributed by atoms with van der Waals surface area (Å²) in [5.41, 5.74) is 2.60. The molecule has 3 nitrogen and oxygen atoms in total. The molecule has 102 valence electrons. The molecule has 3 rings (SSSR count). The Bertz CT molecular complexity index is 673. The molecule has 2 aromatic rings. The predicted octanol–water partition coefficient (Wildman–Crippen LogP) is 3.62. The van der Waals surface area contributed by atoms with Crippen molar-refractivity contribution in [2.45, 2.75) is 6.04 Å². The van der Waals surface area contributed by atoms with Crippen molar-refractivity contribution in [2.75, 3.05) is 11.9 Å². The van der Waals surface area contributed by atoms with Crippen LogP contribution in [-0.2, 0) is 4.79 Å². The minimum atomic E-state index is -0.170. The highest BCUT2D eigenvalue weighted by molar-refractivity contribution is 6.31. The Morgan fingerprint density at radius 3 is 2.65 bits per heavy atom. The van der Waals surface area contributed by atoms with Crippen molar-refractivity contribution in [3.63, 3.8) is 0 Å². The van der Waals surface area contributed by atoms with Crippen molar-refractivity contribution in [1.29, 1.82) is 0 Å². The lowest BCUT2D eigenvalue weighted by atomic mass is 9.97. The van der Waals surface area contributed by atoms with Crippen LogP contribution in [0.3, 0.4) is 0 Å².